The molecule has 1 aromatic rings. The topological polar surface area (TPSA) is 61.4 Å². The van der Waals surface area contributed by atoms with E-state index in [9.17, 15) is 9.59 Å². The second-order valence-electron chi connectivity index (χ2n) is 6.58. The highest BCUT2D eigenvalue weighted by Gasteiger charge is 2.29. The first kappa shape index (κ1) is 17.3. The van der Waals surface area contributed by atoms with Gasteiger partial charge in [0, 0.05) is 18.8 Å². The highest BCUT2D eigenvalue weighted by molar-refractivity contribution is 5.93. The summed E-state index contributed by atoms with van der Waals surface area (Å²) in [5.41, 5.74) is 1.81. The molecule has 1 fully saturated rings. The van der Waals surface area contributed by atoms with Gasteiger partial charge >= 0.3 is 6.03 Å². The van der Waals surface area contributed by atoms with Gasteiger partial charge < -0.3 is 15.5 Å². The Kier molecular flexibility index (Phi) is 6.02. The Morgan fingerprint density at radius 2 is 1.83 bits per heavy atom. The van der Waals surface area contributed by atoms with Gasteiger partial charge in [-0.05, 0) is 49.8 Å². The summed E-state index contributed by atoms with van der Waals surface area (Å²) in [6.45, 7) is 7.48. The molecule has 23 heavy (non-hydrogen) atoms. The molecule has 1 aliphatic heterocycles. The van der Waals surface area contributed by atoms with Gasteiger partial charge in [-0.15, -0.1) is 0 Å². The second-order valence-corrected chi connectivity index (χ2v) is 6.58. The normalized spacial score (nSPS) is 16.1. The number of carbonyl (C=O) groups is 2. The first-order chi connectivity index (χ1) is 11.0. The van der Waals surface area contributed by atoms with Gasteiger partial charge in [-0.3, -0.25) is 4.79 Å². The van der Waals surface area contributed by atoms with Crippen LogP contribution in [0.15, 0.2) is 24.3 Å². The summed E-state index contributed by atoms with van der Waals surface area (Å²) in [4.78, 5) is 26.8. The number of rotatable bonds is 4. The summed E-state index contributed by atoms with van der Waals surface area (Å²) in [6, 6.07) is 6.78. The molecule has 0 radical (unpaired) electrons. The van der Waals surface area contributed by atoms with E-state index in [0.29, 0.717) is 0 Å². The van der Waals surface area contributed by atoms with Gasteiger partial charge in [0.05, 0.1) is 0 Å². The molecule has 0 spiro atoms. The number of benzene rings is 1. The third kappa shape index (κ3) is 4.98. The van der Waals surface area contributed by atoms with E-state index < -0.39 is 6.04 Å². The number of hydrogen-bond acceptors (Lipinski definition) is 2. The molecule has 0 aromatic heterocycles. The number of nitrogens with zero attached hydrogens (tertiary/aromatic N) is 1. The van der Waals surface area contributed by atoms with Crippen LogP contribution in [-0.2, 0) is 4.79 Å². The van der Waals surface area contributed by atoms with Crippen LogP contribution in [-0.4, -0.2) is 36.0 Å². The maximum atomic E-state index is 12.7. The average Bonchev–Trinajstić information content (AvgIpc) is 2.52. The van der Waals surface area contributed by atoms with Crippen LogP contribution in [0.1, 0.15) is 38.7 Å². The van der Waals surface area contributed by atoms with Gasteiger partial charge in [-0.1, -0.05) is 26.0 Å². The molecule has 5 heteroatoms. The molecule has 1 heterocycles. The van der Waals surface area contributed by atoms with E-state index in [2.05, 4.69) is 10.6 Å². The van der Waals surface area contributed by atoms with Crippen molar-refractivity contribution in [3.8, 4) is 0 Å². The van der Waals surface area contributed by atoms with Crippen molar-refractivity contribution in [1.29, 1.82) is 0 Å². The SMILES string of the molecule is Cc1cccc(NC(=O)NC(C(=O)N2CCCCC2)C(C)C)c1. The molecule has 2 N–H and O–H groups in total. The van der Waals surface area contributed by atoms with Gasteiger partial charge in [-0.25, -0.2) is 4.79 Å². The number of amides is 3. The van der Waals surface area contributed by atoms with Gasteiger partial charge in [0.15, 0.2) is 0 Å². The van der Waals surface area contributed by atoms with Crippen molar-refractivity contribution in [1.82, 2.24) is 10.2 Å². The molecule has 0 saturated carbocycles. The van der Waals surface area contributed by atoms with Crippen LogP contribution in [0.25, 0.3) is 0 Å². The van der Waals surface area contributed by atoms with E-state index in [4.69, 9.17) is 0 Å². The first-order valence-electron chi connectivity index (χ1n) is 8.40. The quantitative estimate of drug-likeness (QED) is 0.896. The predicted octanol–water partition coefficient (Wildman–Crippen LogP) is 3.15. The lowest BCUT2D eigenvalue weighted by Crippen LogP contribution is -2.53. The summed E-state index contributed by atoms with van der Waals surface area (Å²) < 4.78 is 0. The first-order valence-corrected chi connectivity index (χ1v) is 8.40. The molecule has 2 rings (SSSR count). The van der Waals surface area contributed by atoms with Crippen molar-refractivity contribution in [2.45, 2.75) is 46.1 Å². The van der Waals surface area contributed by atoms with Gasteiger partial charge in [0.25, 0.3) is 0 Å². The zero-order valence-corrected chi connectivity index (χ0v) is 14.3. The lowest BCUT2D eigenvalue weighted by atomic mass is 10.0. The van der Waals surface area contributed by atoms with Crippen molar-refractivity contribution in [3.63, 3.8) is 0 Å². The number of likely N-dealkylation sites (tertiary alicyclic amines) is 1. The van der Waals surface area contributed by atoms with Gasteiger partial charge in [-0.2, -0.15) is 0 Å². The monoisotopic (exact) mass is 317 g/mol. The number of nitrogens with one attached hydrogen (secondary N) is 2. The molecule has 1 atom stereocenters. The molecule has 3 amide bonds. The molecule has 1 unspecified atom stereocenters. The molecular formula is C18H27N3O2. The summed E-state index contributed by atoms with van der Waals surface area (Å²) in [5.74, 6) is 0.0757. The van der Waals surface area contributed by atoms with Crippen LogP contribution in [0.2, 0.25) is 0 Å². The van der Waals surface area contributed by atoms with Crippen LogP contribution in [0, 0.1) is 12.8 Å². The fraction of sp³-hybridized carbons (Fsp3) is 0.556. The van der Waals surface area contributed by atoms with Crippen molar-refractivity contribution in [2.24, 2.45) is 5.92 Å². The summed E-state index contributed by atoms with van der Waals surface area (Å²) in [7, 11) is 0. The third-order valence-electron chi connectivity index (χ3n) is 4.16. The van der Waals surface area contributed by atoms with Crippen molar-refractivity contribution >= 4 is 17.6 Å². The maximum absolute atomic E-state index is 12.7. The van der Waals surface area contributed by atoms with Crippen LogP contribution in [0.4, 0.5) is 10.5 Å². The van der Waals surface area contributed by atoms with E-state index in [1.807, 2.05) is 49.9 Å². The third-order valence-corrected chi connectivity index (χ3v) is 4.16. The summed E-state index contributed by atoms with van der Waals surface area (Å²) in [6.07, 6.45) is 3.27. The van der Waals surface area contributed by atoms with E-state index in [1.165, 1.54) is 6.42 Å². The number of carbonyl (C=O) groups excluding carboxylic acids is 2. The predicted molar refractivity (Wildman–Crippen MR) is 92.4 cm³/mol. The number of piperidine rings is 1. The molecule has 0 bridgehead atoms. The van der Waals surface area contributed by atoms with Crippen LogP contribution in [0.5, 0.6) is 0 Å². The van der Waals surface area contributed by atoms with E-state index in [1.54, 1.807) is 0 Å². The van der Waals surface area contributed by atoms with E-state index >= 15 is 0 Å². The molecule has 0 aliphatic carbocycles. The van der Waals surface area contributed by atoms with Gasteiger partial charge in [0.2, 0.25) is 5.91 Å². The Bertz CT molecular complexity index is 551. The fourth-order valence-corrected chi connectivity index (χ4v) is 2.86. The largest absolute Gasteiger partial charge is 0.341 e. The Balaban J connectivity index is 1.98. The smallest absolute Gasteiger partial charge is 0.319 e. The molecule has 1 aliphatic rings. The average molecular weight is 317 g/mol. The highest BCUT2D eigenvalue weighted by Crippen LogP contribution is 2.14. The van der Waals surface area contributed by atoms with E-state index in [0.717, 1.165) is 37.2 Å². The lowest BCUT2D eigenvalue weighted by molar-refractivity contribution is -0.135. The minimum absolute atomic E-state index is 0.0269. The molecular weight excluding hydrogens is 290 g/mol. The Morgan fingerprint density at radius 3 is 2.43 bits per heavy atom. The zero-order valence-electron chi connectivity index (χ0n) is 14.3. The van der Waals surface area contributed by atoms with Gasteiger partial charge in [0.1, 0.15) is 6.04 Å². The van der Waals surface area contributed by atoms with Crippen molar-refractivity contribution in [2.75, 3.05) is 18.4 Å². The fourth-order valence-electron chi connectivity index (χ4n) is 2.86. The van der Waals surface area contributed by atoms with Crippen molar-refractivity contribution in [3.05, 3.63) is 29.8 Å². The Morgan fingerprint density at radius 1 is 1.13 bits per heavy atom. The summed E-state index contributed by atoms with van der Waals surface area (Å²) in [5, 5.41) is 5.65. The number of hydrogen-bond donors (Lipinski definition) is 2. The number of anilines is 1. The standard InChI is InChI=1S/C18H27N3O2/c1-13(2)16(17(22)21-10-5-4-6-11-21)20-18(23)19-15-9-7-8-14(3)12-15/h7-9,12-13,16H,4-6,10-11H2,1-3H3,(H2,19,20,23). The minimum atomic E-state index is -0.488. The zero-order chi connectivity index (χ0) is 16.8. The highest BCUT2D eigenvalue weighted by atomic mass is 16.2. The Labute approximate surface area is 138 Å². The number of aryl methyl sites for hydroxylation is 1. The second kappa shape index (κ2) is 7.99. The minimum Gasteiger partial charge on any atom is -0.341 e. The lowest BCUT2D eigenvalue weighted by Gasteiger charge is -2.32. The van der Waals surface area contributed by atoms with Crippen LogP contribution < -0.4 is 10.6 Å². The summed E-state index contributed by atoms with van der Waals surface area (Å²) >= 11 is 0. The number of urea groups is 1. The molecule has 5 nitrogen and oxygen atoms in total. The molecule has 1 saturated heterocycles. The molecule has 126 valence electrons. The Hall–Kier alpha value is -2.04. The maximum Gasteiger partial charge on any atom is 0.319 e. The molecule has 1 aromatic carbocycles. The van der Waals surface area contributed by atoms with Crippen molar-refractivity contribution < 1.29 is 9.59 Å². The van der Waals surface area contributed by atoms with Crippen LogP contribution in [0.3, 0.4) is 0 Å². The van der Waals surface area contributed by atoms with E-state index in [-0.39, 0.29) is 17.9 Å². The van der Waals surface area contributed by atoms with Crippen LogP contribution >= 0.6 is 0 Å².